The maximum Gasteiger partial charge on any atom is 0.341 e. The molecule has 2 atom stereocenters. The Hall–Kier alpha value is -2.02. The van der Waals surface area contributed by atoms with Crippen LogP contribution in [-0.2, 0) is 23.8 Å². The second-order valence-electron chi connectivity index (χ2n) is 12.6. The fourth-order valence-electron chi connectivity index (χ4n) is 4.03. The van der Waals surface area contributed by atoms with Crippen LogP contribution < -0.4 is 0 Å². The van der Waals surface area contributed by atoms with Crippen LogP contribution in [0.2, 0.25) is 0 Å². The Morgan fingerprint density at radius 3 is 1.03 bits per heavy atom. The number of carboxylic acids is 2. The second kappa shape index (κ2) is 6.74. The molecule has 31 heavy (non-hydrogen) atoms. The van der Waals surface area contributed by atoms with Crippen molar-refractivity contribution in [1.82, 2.24) is 0 Å². The average molecular weight is 439 g/mol. The minimum Gasteiger partial charge on any atom is -0.478 e. The standard InChI is InChI=1S/C24H38O7/c1-19(2,3)15-13(17(25)26)23(21(7,8)9)30-16(20(4,5)6)14(18(27)28)24(29-15,31-23)22(10,11)12/h1-12H3,(H,25,26)(H,27,28)/t23-,24-/m1/s1. The number of aliphatic carboxylic acids is 2. The molecule has 0 unspecified atom stereocenters. The predicted octanol–water partition coefficient (Wildman–Crippen LogP) is 5.32. The topological polar surface area (TPSA) is 102 Å². The van der Waals surface area contributed by atoms with E-state index in [-0.39, 0.29) is 22.7 Å². The van der Waals surface area contributed by atoms with Crippen LogP contribution in [0.5, 0.6) is 0 Å². The van der Waals surface area contributed by atoms with Crippen molar-refractivity contribution in [3.05, 3.63) is 22.7 Å². The number of carbonyl (C=O) groups is 2. The van der Waals surface area contributed by atoms with Gasteiger partial charge in [-0.15, -0.1) is 0 Å². The van der Waals surface area contributed by atoms with Crippen molar-refractivity contribution in [3.63, 3.8) is 0 Å². The van der Waals surface area contributed by atoms with Crippen LogP contribution in [0.15, 0.2) is 22.7 Å². The van der Waals surface area contributed by atoms with E-state index < -0.39 is 45.2 Å². The van der Waals surface area contributed by atoms with Gasteiger partial charge in [0.05, 0.1) is 0 Å². The van der Waals surface area contributed by atoms with Crippen LogP contribution in [0.25, 0.3) is 0 Å². The third kappa shape index (κ3) is 3.65. The SMILES string of the molecule is CC(C)(C)C1=C(C(=O)O)[C@@]2(C(C)(C)C)OC(C(C)(C)C)=C(C(=O)O)[C@@](C(C)(C)C)(O1)O2. The normalized spacial score (nSPS) is 27.6. The molecule has 0 amide bonds. The molecular formula is C24H38O7. The van der Waals surface area contributed by atoms with E-state index in [0.29, 0.717) is 0 Å². The molecule has 7 nitrogen and oxygen atoms in total. The smallest absolute Gasteiger partial charge is 0.341 e. The van der Waals surface area contributed by atoms with Gasteiger partial charge in [0.2, 0.25) is 0 Å². The van der Waals surface area contributed by atoms with Gasteiger partial charge in [0.1, 0.15) is 22.7 Å². The third-order valence-electron chi connectivity index (χ3n) is 5.66. The van der Waals surface area contributed by atoms with Crippen LogP contribution in [0, 0.1) is 21.7 Å². The zero-order chi connectivity index (χ0) is 24.6. The number of fused-ring (bicyclic) bond motifs is 2. The number of hydrogen-bond acceptors (Lipinski definition) is 5. The molecule has 2 aliphatic heterocycles. The van der Waals surface area contributed by atoms with E-state index in [9.17, 15) is 19.8 Å². The summed E-state index contributed by atoms with van der Waals surface area (Å²) >= 11 is 0. The van der Waals surface area contributed by atoms with Crippen molar-refractivity contribution in [1.29, 1.82) is 0 Å². The zero-order valence-corrected chi connectivity index (χ0v) is 20.9. The minimum absolute atomic E-state index is 0.140. The molecule has 0 saturated carbocycles. The van der Waals surface area contributed by atoms with E-state index in [2.05, 4.69) is 0 Å². The molecule has 0 aromatic heterocycles. The highest BCUT2D eigenvalue weighted by molar-refractivity contribution is 5.93. The van der Waals surface area contributed by atoms with Gasteiger partial charge < -0.3 is 19.7 Å². The minimum atomic E-state index is -1.77. The lowest BCUT2D eigenvalue weighted by Crippen LogP contribution is -2.69. The summed E-state index contributed by atoms with van der Waals surface area (Å²) in [6.07, 6.45) is 0. The molecule has 2 aliphatic rings. The summed E-state index contributed by atoms with van der Waals surface area (Å²) in [4.78, 5) is 25.3. The van der Waals surface area contributed by atoms with Gasteiger partial charge in [-0.3, -0.25) is 4.74 Å². The third-order valence-corrected chi connectivity index (χ3v) is 5.66. The first-order valence-corrected chi connectivity index (χ1v) is 10.6. The van der Waals surface area contributed by atoms with E-state index in [1.54, 1.807) is 0 Å². The van der Waals surface area contributed by atoms with Crippen molar-refractivity contribution >= 4 is 11.9 Å². The summed E-state index contributed by atoms with van der Waals surface area (Å²) in [6, 6.07) is 0. The summed E-state index contributed by atoms with van der Waals surface area (Å²) in [5, 5.41) is 20.7. The van der Waals surface area contributed by atoms with Crippen molar-refractivity contribution in [2.75, 3.05) is 0 Å². The van der Waals surface area contributed by atoms with Crippen molar-refractivity contribution in [2.45, 2.75) is 94.7 Å². The molecule has 2 N–H and O–H groups in total. The molecule has 0 aromatic rings. The fourth-order valence-corrected chi connectivity index (χ4v) is 4.03. The number of ether oxygens (including phenoxy) is 3. The molecule has 0 aliphatic carbocycles. The Labute approximate surface area is 185 Å². The second-order valence-corrected chi connectivity index (χ2v) is 12.6. The summed E-state index contributed by atoms with van der Waals surface area (Å²) in [6.45, 7) is 21.9. The highest BCUT2D eigenvalue weighted by Crippen LogP contribution is 2.62. The lowest BCUT2D eigenvalue weighted by molar-refractivity contribution is -0.404. The van der Waals surface area contributed by atoms with E-state index >= 15 is 0 Å². The number of rotatable bonds is 2. The zero-order valence-electron chi connectivity index (χ0n) is 20.9. The Morgan fingerprint density at radius 1 is 0.613 bits per heavy atom. The lowest BCUT2D eigenvalue weighted by Gasteiger charge is -2.61. The van der Waals surface area contributed by atoms with Crippen molar-refractivity contribution in [2.24, 2.45) is 21.7 Å². The first kappa shape index (κ1) is 25.2. The van der Waals surface area contributed by atoms with Gasteiger partial charge in [-0.25, -0.2) is 9.59 Å². The number of allylic oxidation sites excluding steroid dienone is 2. The Morgan fingerprint density at radius 2 is 0.871 bits per heavy atom. The molecule has 0 fully saturated rings. The molecule has 0 aromatic carbocycles. The van der Waals surface area contributed by atoms with Gasteiger partial charge in [-0.1, -0.05) is 83.1 Å². The molecule has 2 bridgehead atoms. The summed E-state index contributed by atoms with van der Waals surface area (Å²) < 4.78 is 19.4. The van der Waals surface area contributed by atoms with Crippen LogP contribution in [0.3, 0.4) is 0 Å². The number of carboxylic acid groups (broad SMARTS) is 2. The monoisotopic (exact) mass is 438 g/mol. The number of hydrogen-bond donors (Lipinski definition) is 2. The van der Waals surface area contributed by atoms with Gasteiger partial charge in [0.15, 0.2) is 0 Å². The van der Waals surface area contributed by atoms with Crippen LogP contribution in [0.4, 0.5) is 0 Å². The molecular weight excluding hydrogens is 400 g/mol. The van der Waals surface area contributed by atoms with E-state index in [0.717, 1.165) is 0 Å². The van der Waals surface area contributed by atoms with Gasteiger partial charge in [-0.05, 0) is 0 Å². The first-order valence-electron chi connectivity index (χ1n) is 10.6. The highest BCUT2D eigenvalue weighted by atomic mass is 16.8. The maximum atomic E-state index is 12.7. The highest BCUT2D eigenvalue weighted by Gasteiger charge is 2.71. The van der Waals surface area contributed by atoms with Gasteiger partial charge in [-0.2, -0.15) is 0 Å². The van der Waals surface area contributed by atoms with Crippen LogP contribution >= 0.6 is 0 Å². The van der Waals surface area contributed by atoms with E-state index in [1.165, 1.54) is 0 Å². The summed E-state index contributed by atoms with van der Waals surface area (Å²) in [5.41, 5.74) is -3.54. The van der Waals surface area contributed by atoms with Crippen molar-refractivity contribution < 1.29 is 34.0 Å². The Balaban J connectivity index is 3.21. The van der Waals surface area contributed by atoms with Gasteiger partial charge in [0.25, 0.3) is 11.6 Å². The summed E-state index contributed by atoms with van der Waals surface area (Å²) in [5.74, 6) is -5.68. The van der Waals surface area contributed by atoms with E-state index in [4.69, 9.17) is 14.2 Å². The van der Waals surface area contributed by atoms with Gasteiger partial charge in [0, 0.05) is 21.7 Å². The van der Waals surface area contributed by atoms with Crippen molar-refractivity contribution in [3.8, 4) is 0 Å². The lowest BCUT2D eigenvalue weighted by atomic mass is 9.69. The Bertz CT molecular complexity index is 794. The maximum absolute atomic E-state index is 12.7. The molecule has 0 spiro atoms. The van der Waals surface area contributed by atoms with Gasteiger partial charge >= 0.3 is 11.9 Å². The largest absolute Gasteiger partial charge is 0.478 e. The Kier molecular flexibility index (Phi) is 5.49. The molecule has 0 radical (unpaired) electrons. The van der Waals surface area contributed by atoms with Crippen LogP contribution in [-0.4, -0.2) is 33.7 Å². The molecule has 0 saturated heterocycles. The first-order chi connectivity index (χ1) is 13.5. The molecule has 2 heterocycles. The van der Waals surface area contributed by atoms with E-state index in [1.807, 2.05) is 83.1 Å². The molecule has 2 rings (SSSR count). The predicted molar refractivity (Wildman–Crippen MR) is 116 cm³/mol. The molecule has 7 heteroatoms. The van der Waals surface area contributed by atoms with Crippen LogP contribution in [0.1, 0.15) is 83.1 Å². The quantitative estimate of drug-likeness (QED) is 0.601. The summed E-state index contributed by atoms with van der Waals surface area (Å²) in [7, 11) is 0. The fraction of sp³-hybridized carbons (Fsp3) is 0.750. The molecule has 176 valence electrons. The average Bonchev–Trinajstić information content (AvgIpc) is 2.48.